The van der Waals surface area contributed by atoms with Crippen LogP contribution in [-0.2, 0) is 0 Å². The summed E-state index contributed by atoms with van der Waals surface area (Å²) in [6.45, 7) is 0. The Hall–Kier alpha value is -2.28. The molecule has 18 heavy (non-hydrogen) atoms. The standard InChI is InChI=1S/C11H11N5OS/c1-13-11(17)7-4-6-16(15-7)8-3-2-5-14-9(8)10(12)18/h2-6H,1H3,(H2,12,18)(H,13,17). The van der Waals surface area contributed by atoms with Crippen molar-refractivity contribution in [3.63, 3.8) is 0 Å². The van der Waals surface area contributed by atoms with Gasteiger partial charge in [-0.25, -0.2) is 4.68 Å². The Morgan fingerprint density at radius 3 is 2.94 bits per heavy atom. The predicted molar refractivity (Wildman–Crippen MR) is 70.6 cm³/mol. The topological polar surface area (TPSA) is 85.8 Å². The van der Waals surface area contributed by atoms with Crippen LogP contribution in [-0.4, -0.2) is 32.7 Å². The van der Waals surface area contributed by atoms with Gasteiger partial charge in [0.15, 0.2) is 5.69 Å². The molecule has 0 bridgehead atoms. The van der Waals surface area contributed by atoms with Crippen LogP contribution in [0, 0.1) is 0 Å². The molecule has 0 unspecified atom stereocenters. The minimum absolute atomic E-state index is 0.183. The van der Waals surface area contributed by atoms with Gasteiger partial charge in [-0.1, -0.05) is 12.2 Å². The predicted octanol–water partition coefficient (Wildman–Crippen LogP) is 0.261. The second kappa shape index (κ2) is 4.92. The number of nitrogens with zero attached hydrogens (tertiary/aromatic N) is 3. The van der Waals surface area contributed by atoms with Crippen LogP contribution in [0.2, 0.25) is 0 Å². The van der Waals surface area contributed by atoms with Gasteiger partial charge in [0, 0.05) is 19.4 Å². The van der Waals surface area contributed by atoms with Crippen molar-refractivity contribution >= 4 is 23.1 Å². The Bertz CT molecular complexity index is 607. The Balaban J connectivity index is 2.46. The van der Waals surface area contributed by atoms with Gasteiger partial charge in [-0.15, -0.1) is 0 Å². The number of pyridine rings is 1. The summed E-state index contributed by atoms with van der Waals surface area (Å²) in [6.07, 6.45) is 3.25. The van der Waals surface area contributed by atoms with Crippen molar-refractivity contribution in [2.45, 2.75) is 0 Å². The molecule has 0 radical (unpaired) electrons. The summed E-state index contributed by atoms with van der Waals surface area (Å²) in [4.78, 5) is 15.7. The monoisotopic (exact) mass is 261 g/mol. The summed E-state index contributed by atoms with van der Waals surface area (Å²) in [5.74, 6) is -0.255. The van der Waals surface area contributed by atoms with Crippen LogP contribution in [0.25, 0.3) is 5.69 Å². The molecule has 2 rings (SSSR count). The lowest BCUT2D eigenvalue weighted by atomic mass is 10.3. The van der Waals surface area contributed by atoms with E-state index in [1.807, 2.05) is 0 Å². The largest absolute Gasteiger partial charge is 0.388 e. The van der Waals surface area contributed by atoms with Crippen LogP contribution >= 0.6 is 12.2 Å². The third kappa shape index (κ3) is 2.21. The molecule has 1 amide bonds. The molecule has 92 valence electrons. The number of aromatic nitrogens is 3. The summed E-state index contributed by atoms with van der Waals surface area (Å²) >= 11 is 4.93. The SMILES string of the molecule is CNC(=O)c1ccn(-c2cccnc2C(N)=S)n1. The average molecular weight is 261 g/mol. The normalized spacial score (nSPS) is 10.1. The van der Waals surface area contributed by atoms with Crippen molar-refractivity contribution in [2.75, 3.05) is 7.05 Å². The van der Waals surface area contributed by atoms with Gasteiger partial charge in [0.05, 0.1) is 5.69 Å². The molecule has 3 N–H and O–H groups in total. The molecule has 0 aliphatic heterocycles. The van der Waals surface area contributed by atoms with Gasteiger partial charge < -0.3 is 11.1 Å². The highest BCUT2D eigenvalue weighted by atomic mass is 32.1. The van der Waals surface area contributed by atoms with Crippen molar-refractivity contribution in [3.8, 4) is 5.69 Å². The Morgan fingerprint density at radius 2 is 2.28 bits per heavy atom. The Kier molecular flexibility index (Phi) is 3.33. The van der Waals surface area contributed by atoms with Crippen molar-refractivity contribution in [1.29, 1.82) is 0 Å². The van der Waals surface area contributed by atoms with Crippen molar-refractivity contribution in [1.82, 2.24) is 20.1 Å². The first-order chi connectivity index (χ1) is 8.63. The molecule has 0 aliphatic carbocycles. The van der Waals surface area contributed by atoms with Crippen molar-refractivity contribution in [3.05, 3.63) is 42.0 Å². The average Bonchev–Trinajstić information content (AvgIpc) is 2.87. The molecule has 2 heterocycles. The van der Waals surface area contributed by atoms with Crippen LogP contribution in [0.1, 0.15) is 16.2 Å². The fourth-order valence-corrected chi connectivity index (χ4v) is 1.64. The lowest BCUT2D eigenvalue weighted by Gasteiger charge is -2.06. The number of thiocarbonyl (C=S) groups is 1. The van der Waals surface area contributed by atoms with E-state index in [1.165, 1.54) is 4.68 Å². The molecule has 0 atom stereocenters. The number of rotatable bonds is 3. The maximum absolute atomic E-state index is 11.4. The number of carbonyl (C=O) groups is 1. The number of carbonyl (C=O) groups excluding carboxylic acids is 1. The number of nitrogens with two attached hydrogens (primary N) is 1. The van der Waals surface area contributed by atoms with Crippen molar-refractivity contribution < 1.29 is 4.79 Å². The van der Waals surface area contributed by atoms with Crippen LogP contribution in [0.15, 0.2) is 30.6 Å². The van der Waals surface area contributed by atoms with E-state index < -0.39 is 0 Å². The highest BCUT2D eigenvalue weighted by Gasteiger charge is 2.12. The van der Waals surface area contributed by atoms with Crippen LogP contribution in [0.3, 0.4) is 0 Å². The minimum Gasteiger partial charge on any atom is -0.388 e. The molecule has 0 saturated carbocycles. The highest BCUT2D eigenvalue weighted by Crippen LogP contribution is 2.11. The fourth-order valence-electron chi connectivity index (χ4n) is 1.48. The van der Waals surface area contributed by atoms with E-state index in [0.29, 0.717) is 17.1 Å². The second-order valence-electron chi connectivity index (χ2n) is 3.46. The first-order valence-electron chi connectivity index (χ1n) is 5.16. The minimum atomic E-state index is -0.255. The molecule has 2 aromatic rings. The molecule has 6 nitrogen and oxygen atoms in total. The third-order valence-electron chi connectivity index (χ3n) is 2.32. The quantitative estimate of drug-likeness (QED) is 0.774. The number of amides is 1. The van der Waals surface area contributed by atoms with E-state index in [0.717, 1.165) is 0 Å². The maximum atomic E-state index is 11.4. The summed E-state index contributed by atoms with van der Waals surface area (Å²) in [5, 5.41) is 6.65. The zero-order valence-electron chi connectivity index (χ0n) is 9.62. The fraction of sp³-hybridized carbons (Fsp3) is 0.0909. The zero-order chi connectivity index (χ0) is 13.1. The second-order valence-corrected chi connectivity index (χ2v) is 3.90. The first-order valence-corrected chi connectivity index (χ1v) is 5.57. The third-order valence-corrected chi connectivity index (χ3v) is 2.51. The number of hydrogen-bond donors (Lipinski definition) is 2. The van der Waals surface area contributed by atoms with Gasteiger partial charge in [-0.3, -0.25) is 9.78 Å². The maximum Gasteiger partial charge on any atom is 0.271 e. The van der Waals surface area contributed by atoms with E-state index >= 15 is 0 Å². The van der Waals surface area contributed by atoms with E-state index in [9.17, 15) is 4.79 Å². The lowest BCUT2D eigenvalue weighted by molar-refractivity contribution is 0.0957. The smallest absolute Gasteiger partial charge is 0.271 e. The molecular formula is C11H11N5OS. The summed E-state index contributed by atoms with van der Waals surface area (Å²) in [6, 6.07) is 5.13. The first kappa shape index (κ1) is 12.2. The summed E-state index contributed by atoms with van der Waals surface area (Å²) in [5.41, 5.74) is 7.02. The highest BCUT2D eigenvalue weighted by molar-refractivity contribution is 7.80. The molecule has 0 fully saturated rings. The summed E-state index contributed by atoms with van der Waals surface area (Å²) < 4.78 is 1.52. The van der Waals surface area contributed by atoms with Gasteiger partial charge in [0.25, 0.3) is 5.91 Å². The Labute approximate surface area is 109 Å². The van der Waals surface area contributed by atoms with Crippen molar-refractivity contribution in [2.24, 2.45) is 5.73 Å². The van der Waals surface area contributed by atoms with Gasteiger partial charge in [0.1, 0.15) is 10.7 Å². The van der Waals surface area contributed by atoms with E-state index in [1.54, 1.807) is 37.6 Å². The van der Waals surface area contributed by atoms with Crippen LogP contribution < -0.4 is 11.1 Å². The molecule has 2 aromatic heterocycles. The van der Waals surface area contributed by atoms with Gasteiger partial charge in [-0.2, -0.15) is 5.10 Å². The van der Waals surface area contributed by atoms with Crippen LogP contribution in [0.4, 0.5) is 0 Å². The molecule has 0 saturated heterocycles. The Morgan fingerprint density at radius 1 is 1.50 bits per heavy atom. The van der Waals surface area contributed by atoms with E-state index in [-0.39, 0.29) is 10.9 Å². The van der Waals surface area contributed by atoms with Gasteiger partial charge >= 0.3 is 0 Å². The summed E-state index contributed by atoms with van der Waals surface area (Å²) in [7, 11) is 1.55. The van der Waals surface area contributed by atoms with Gasteiger partial charge in [0.2, 0.25) is 0 Å². The molecule has 0 spiro atoms. The van der Waals surface area contributed by atoms with E-state index in [2.05, 4.69) is 15.4 Å². The molecule has 0 aromatic carbocycles. The molecule has 7 heteroatoms. The zero-order valence-corrected chi connectivity index (χ0v) is 10.4. The van der Waals surface area contributed by atoms with Crippen LogP contribution in [0.5, 0.6) is 0 Å². The van der Waals surface area contributed by atoms with Gasteiger partial charge in [-0.05, 0) is 18.2 Å². The lowest BCUT2D eigenvalue weighted by Crippen LogP contribution is -2.19. The van der Waals surface area contributed by atoms with E-state index in [4.69, 9.17) is 18.0 Å². The number of hydrogen-bond acceptors (Lipinski definition) is 4. The molecular weight excluding hydrogens is 250 g/mol. The number of nitrogens with one attached hydrogen (secondary N) is 1. The molecule has 0 aliphatic rings.